The van der Waals surface area contributed by atoms with Crippen molar-refractivity contribution in [2.75, 3.05) is 12.3 Å². The lowest BCUT2D eigenvalue weighted by molar-refractivity contribution is -0.130. The summed E-state index contributed by atoms with van der Waals surface area (Å²) in [7, 11) is 0. The molecule has 0 aliphatic carbocycles. The van der Waals surface area contributed by atoms with Gasteiger partial charge in [0.1, 0.15) is 5.82 Å². The molecule has 0 atom stereocenters. The Morgan fingerprint density at radius 3 is 2.62 bits per heavy atom. The number of hydrogen-bond donors (Lipinski definition) is 1. The number of halogens is 1. The maximum Gasteiger partial charge on any atom is 0.227 e. The molecular formula is C17H19FN2O. The first-order valence-electron chi connectivity index (χ1n) is 6.95. The quantitative estimate of drug-likeness (QED) is 0.859. The number of rotatable bonds is 5. The first-order chi connectivity index (χ1) is 10.1. The van der Waals surface area contributed by atoms with E-state index in [0.717, 1.165) is 5.56 Å². The van der Waals surface area contributed by atoms with Gasteiger partial charge in [-0.1, -0.05) is 30.3 Å². The van der Waals surface area contributed by atoms with Gasteiger partial charge in [-0.3, -0.25) is 4.79 Å². The molecule has 2 aromatic carbocycles. The zero-order valence-corrected chi connectivity index (χ0v) is 12.1. The Labute approximate surface area is 124 Å². The summed E-state index contributed by atoms with van der Waals surface area (Å²) in [6, 6.07) is 13.6. The molecule has 0 radical (unpaired) electrons. The van der Waals surface area contributed by atoms with Crippen LogP contribution in [-0.4, -0.2) is 17.4 Å². The molecule has 110 valence electrons. The first-order valence-corrected chi connectivity index (χ1v) is 6.95. The van der Waals surface area contributed by atoms with Gasteiger partial charge in [0.2, 0.25) is 5.91 Å². The number of nitrogens with two attached hydrogens (primary N) is 1. The van der Waals surface area contributed by atoms with E-state index in [1.807, 2.05) is 31.2 Å². The van der Waals surface area contributed by atoms with Crippen LogP contribution in [0.4, 0.5) is 10.1 Å². The minimum Gasteiger partial charge on any atom is -0.398 e. The van der Waals surface area contributed by atoms with Crippen LogP contribution in [-0.2, 0) is 17.8 Å². The lowest BCUT2D eigenvalue weighted by Crippen LogP contribution is -2.31. The molecule has 0 unspecified atom stereocenters. The summed E-state index contributed by atoms with van der Waals surface area (Å²) in [5.74, 6) is -0.359. The number of amides is 1. The summed E-state index contributed by atoms with van der Waals surface area (Å²) in [4.78, 5) is 14.1. The highest BCUT2D eigenvalue weighted by molar-refractivity contribution is 5.79. The number of nitrogens with zero attached hydrogens (tertiary/aromatic N) is 1. The maximum absolute atomic E-state index is 13.2. The molecule has 3 nitrogen and oxygen atoms in total. The van der Waals surface area contributed by atoms with Crippen molar-refractivity contribution in [3.05, 3.63) is 65.5 Å². The molecule has 4 heteroatoms. The van der Waals surface area contributed by atoms with Crippen molar-refractivity contribution in [2.45, 2.75) is 19.9 Å². The van der Waals surface area contributed by atoms with Crippen LogP contribution in [0.15, 0.2) is 48.5 Å². The van der Waals surface area contributed by atoms with Crippen LogP contribution in [0.1, 0.15) is 18.1 Å². The molecule has 0 aromatic heterocycles. The number of anilines is 1. The first kappa shape index (κ1) is 15.0. The van der Waals surface area contributed by atoms with Gasteiger partial charge in [0.15, 0.2) is 0 Å². The molecule has 0 heterocycles. The van der Waals surface area contributed by atoms with Crippen LogP contribution in [0.5, 0.6) is 0 Å². The van der Waals surface area contributed by atoms with Crippen LogP contribution in [0.3, 0.4) is 0 Å². The SMILES string of the molecule is CCN(Cc1ccccc1N)C(=O)Cc1cccc(F)c1. The minimum absolute atomic E-state index is 0.0358. The Morgan fingerprint density at radius 1 is 1.19 bits per heavy atom. The third-order valence-electron chi connectivity index (χ3n) is 3.40. The van der Waals surface area contributed by atoms with Gasteiger partial charge in [-0.05, 0) is 36.2 Å². The monoisotopic (exact) mass is 286 g/mol. The zero-order chi connectivity index (χ0) is 15.2. The average Bonchev–Trinajstić information content (AvgIpc) is 2.46. The number of carbonyl (C=O) groups is 1. The molecule has 0 fully saturated rings. The molecule has 0 saturated heterocycles. The third kappa shape index (κ3) is 4.05. The van der Waals surface area contributed by atoms with Crippen molar-refractivity contribution in [1.29, 1.82) is 0 Å². The molecule has 2 rings (SSSR count). The summed E-state index contributed by atoms with van der Waals surface area (Å²) in [6.07, 6.45) is 0.193. The van der Waals surface area contributed by atoms with Gasteiger partial charge >= 0.3 is 0 Å². The lowest BCUT2D eigenvalue weighted by atomic mass is 10.1. The number of likely N-dealkylation sites (N-methyl/N-ethyl adjacent to an activating group) is 1. The van der Waals surface area contributed by atoms with Crippen molar-refractivity contribution < 1.29 is 9.18 Å². The Balaban J connectivity index is 2.07. The van der Waals surface area contributed by atoms with Crippen LogP contribution >= 0.6 is 0 Å². The van der Waals surface area contributed by atoms with E-state index in [0.29, 0.717) is 24.3 Å². The van der Waals surface area contributed by atoms with E-state index in [2.05, 4.69) is 0 Å². The van der Waals surface area contributed by atoms with Gasteiger partial charge in [-0.2, -0.15) is 0 Å². The van der Waals surface area contributed by atoms with E-state index in [1.54, 1.807) is 17.0 Å². The van der Waals surface area contributed by atoms with Crippen LogP contribution in [0.25, 0.3) is 0 Å². The molecule has 2 N–H and O–H groups in total. The van der Waals surface area contributed by atoms with Gasteiger partial charge in [0.05, 0.1) is 6.42 Å². The van der Waals surface area contributed by atoms with Crippen LogP contribution in [0.2, 0.25) is 0 Å². The van der Waals surface area contributed by atoms with Crippen molar-refractivity contribution in [3.8, 4) is 0 Å². The minimum atomic E-state index is -0.323. The predicted octanol–water partition coefficient (Wildman–Crippen LogP) is 3.00. The Kier molecular flexibility index (Phi) is 4.93. The normalized spacial score (nSPS) is 10.4. The molecule has 0 spiro atoms. The van der Waals surface area contributed by atoms with E-state index in [1.165, 1.54) is 12.1 Å². The van der Waals surface area contributed by atoms with Gasteiger partial charge in [-0.15, -0.1) is 0 Å². The third-order valence-corrected chi connectivity index (χ3v) is 3.40. The van der Waals surface area contributed by atoms with E-state index >= 15 is 0 Å². The van der Waals surface area contributed by atoms with Crippen molar-refractivity contribution in [3.63, 3.8) is 0 Å². The maximum atomic E-state index is 13.2. The topological polar surface area (TPSA) is 46.3 Å². The molecule has 0 bridgehead atoms. The van der Waals surface area contributed by atoms with E-state index in [-0.39, 0.29) is 18.1 Å². The fourth-order valence-corrected chi connectivity index (χ4v) is 2.19. The summed E-state index contributed by atoms with van der Waals surface area (Å²) in [6.45, 7) is 2.97. The second-order valence-electron chi connectivity index (χ2n) is 4.91. The van der Waals surface area contributed by atoms with Crippen molar-refractivity contribution >= 4 is 11.6 Å². The predicted molar refractivity (Wildman–Crippen MR) is 82.0 cm³/mol. The fourth-order valence-electron chi connectivity index (χ4n) is 2.19. The Bertz CT molecular complexity index is 628. The zero-order valence-electron chi connectivity index (χ0n) is 12.1. The van der Waals surface area contributed by atoms with E-state index in [4.69, 9.17) is 5.73 Å². The average molecular weight is 286 g/mol. The number of benzene rings is 2. The van der Waals surface area contributed by atoms with Gasteiger partial charge in [0.25, 0.3) is 0 Å². The summed E-state index contributed by atoms with van der Waals surface area (Å²) in [5.41, 5.74) is 8.19. The molecule has 0 aliphatic heterocycles. The van der Waals surface area contributed by atoms with Gasteiger partial charge < -0.3 is 10.6 Å². The van der Waals surface area contributed by atoms with E-state index in [9.17, 15) is 9.18 Å². The Morgan fingerprint density at radius 2 is 1.95 bits per heavy atom. The summed E-state index contributed by atoms with van der Waals surface area (Å²) < 4.78 is 13.2. The lowest BCUT2D eigenvalue weighted by Gasteiger charge is -2.22. The van der Waals surface area contributed by atoms with Crippen LogP contribution in [0, 0.1) is 5.82 Å². The largest absolute Gasteiger partial charge is 0.398 e. The fraction of sp³-hybridized carbons (Fsp3) is 0.235. The van der Waals surface area contributed by atoms with Gasteiger partial charge in [0, 0.05) is 18.8 Å². The number of para-hydroxylation sites is 1. The van der Waals surface area contributed by atoms with Crippen LogP contribution < -0.4 is 5.73 Å². The highest BCUT2D eigenvalue weighted by Gasteiger charge is 2.14. The van der Waals surface area contributed by atoms with Crippen molar-refractivity contribution in [2.24, 2.45) is 0 Å². The molecule has 1 amide bonds. The smallest absolute Gasteiger partial charge is 0.227 e. The highest BCUT2D eigenvalue weighted by Crippen LogP contribution is 2.14. The number of carbonyl (C=O) groups excluding carboxylic acids is 1. The Hall–Kier alpha value is -2.36. The highest BCUT2D eigenvalue weighted by atomic mass is 19.1. The molecular weight excluding hydrogens is 267 g/mol. The summed E-state index contributed by atoms with van der Waals surface area (Å²) in [5, 5.41) is 0. The standard InChI is InChI=1S/C17H19FN2O/c1-2-20(12-14-7-3-4-9-16(14)19)17(21)11-13-6-5-8-15(18)10-13/h3-10H,2,11-12,19H2,1H3. The number of nitrogen functional groups attached to an aromatic ring is 1. The second-order valence-corrected chi connectivity index (χ2v) is 4.91. The molecule has 0 aliphatic rings. The molecule has 2 aromatic rings. The van der Waals surface area contributed by atoms with Crippen molar-refractivity contribution in [1.82, 2.24) is 4.90 Å². The molecule has 21 heavy (non-hydrogen) atoms. The summed E-state index contributed by atoms with van der Waals surface area (Å²) >= 11 is 0. The second kappa shape index (κ2) is 6.88. The number of hydrogen-bond acceptors (Lipinski definition) is 2. The van der Waals surface area contributed by atoms with E-state index < -0.39 is 0 Å². The molecule has 0 saturated carbocycles. The van der Waals surface area contributed by atoms with Gasteiger partial charge in [-0.25, -0.2) is 4.39 Å².